The molecule has 0 saturated carbocycles. The predicted octanol–water partition coefficient (Wildman–Crippen LogP) is 4.09. The molecule has 2 N–H and O–H groups in total. The van der Waals surface area contributed by atoms with E-state index in [2.05, 4.69) is 20.3 Å². The van der Waals surface area contributed by atoms with Crippen molar-refractivity contribution in [2.75, 3.05) is 0 Å². The maximum Gasteiger partial charge on any atom is 0.280 e. The summed E-state index contributed by atoms with van der Waals surface area (Å²) in [5, 5.41) is 4.41. The van der Waals surface area contributed by atoms with E-state index < -0.39 is 0 Å². The van der Waals surface area contributed by atoms with E-state index in [1.54, 1.807) is 17.4 Å². The maximum absolute atomic E-state index is 13.2. The Bertz CT molecular complexity index is 1240. The van der Waals surface area contributed by atoms with Crippen LogP contribution < -0.4 is 5.32 Å². The Balaban J connectivity index is 1.49. The third-order valence-electron chi connectivity index (χ3n) is 5.20. The molecule has 4 aromatic rings. The molecule has 0 unspecified atom stereocenters. The lowest BCUT2D eigenvalue weighted by Gasteiger charge is -2.15. The second-order valence-corrected chi connectivity index (χ2v) is 7.35. The number of carbonyl (C=O) groups is 1. The van der Waals surface area contributed by atoms with Crippen molar-refractivity contribution in [1.29, 1.82) is 0 Å². The number of aromatic amines is 1. The van der Waals surface area contributed by atoms with Crippen molar-refractivity contribution in [2.45, 2.75) is 13.1 Å². The van der Waals surface area contributed by atoms with Gasteiger partial charge in [-0.1, -0.05) is 60.7 Å². The highest BCUT2D eigenvalue weighted by Crippen LogP contribution is 2.25. The van der Waals surface area contributed by atoms with Crippen molar-refractivity contribution >= 4 is 29.0 Å². The lowest BCUT2D eigenvalue weighted by atomic mass is 10.1. The van der Waals surface area contributed by atoms with Crippen molar-refractivity contribution in [3.63, 3.8) is 0 Å². The van der Waals surface area contributed by atoms with Crippen LogP contribution in [0.3, 0.4) is 0 Å². The first-order valence-corrected chi connectivity index (χ1v) is 10.1. The fraction of sp³-hybridized carbons (Fsp3) is 0.0800. The van der Waals surface area contributed by atoms with Crippen LogP contribution in [0.15, 0.2) is 95.7 Å². The molecule has 1 aliphatic rings. The van der Waals surface area contributed by atoms with Crippen LogP contribution in [0.2, 0.25) is 0 Å². The number of carbonyl (C=O) groups excluding carboxylic acids is 1. The number of nitrogens with one attached hydrogen (secondary N) is 2. The van der Waals surface area contributed by atoms with Crippen LogP contribution in [0.5, 0.6) is 0 Å². The van der Waals surface area contributed by atoms with Crippen LogP contribution in [0.25, 0.3) is 16.7 Å². The Hall–Kier alpha value is -4.19. The molecular formula is C25H21N5O. The quantitative estimate of drug-likeness (QED) is 0.473. The van der Waals surface area contributed by atoms with Gasteiger partial charge >= 0.3 is 0 Å². The van der Waals surface area contributed by atoms with Crippen molar-refractivity contribution < 1.29 is 4.79 Å². The van der Waals surface area contributed by atoms with Gasteiger partial charge in [0.1, 0.15) is 5.65 Å². The highest BCUT2D eigenvalue weighted by Gasteiger charge is 2.27. The van der Waals surface area contributed by atoms with Gasteiger partial charge in [-0.05, 0) is 29.3 Å². The number of hydrogen-bond donors (Lipinski definition) is 2. The van der Waals surface area contributed by atoms with Crippen molar-refractivity contribution in [3.8, 4) is 0 Å². The summed E-state index contributed by atoms with van der Waals surface area (Å²) in [7, 11) is 0. The summed E-state index contributed by atoms with van der Waals surface area (Å²) in [6.07, 6.45) is 3.35. The standard InChI is InChI=1S/C25H21N5O/c31-25-23(28-17-30(25)16-19-10-5-2-6-11-19)22(27-15-18-8-3-1-4-9-18)21-14-20-12-7-13-26-24(20)29-21/h1-14,17,27H,15-16H2,(H,26,29)/b23-22+. The first kappa shape index (κ1) is 18.8. The van der Waals surface area contributed by atoms with E-state index in [0.717, 1.165) is 27.9 Å². The first-order chi connectivity index (χ1) is 15.3. The summed E-state index contributed by atoms with van der Waals surface area (Å²) in [5.41, 5.74) is 4.78. The van der Waals surface area contributed by atoms with E-state index in [1.165, 1.54) is 0 Å². The number of H-pyrrole nitrogens is 1. The fourth-order valence-electron chi connectivity index (χ4n) is 3.62. The Kier molecular flexibility index (Phi) is 5.02. The molecule has 2 aromatic heterocycles. The Morgan fingerprint density at radius 2 is 1.68 bits per heavy atom. The molecule has 31 heavy (non-hydrogen) atoms. The minimum absolute atomic E-state index is 0.133. The van der Waals surface area contributed by atoms with Crippen LogP contribution in [0.4, 0.5) is 0 Å². The van der Waals surface area contributed by atoms with Gasteiger partial charge < -0.3 is 10.3 Å². The normalized spacial score (nSPS) is 15.0. The molecule has 1 aliphatic heterocycles. The van der Waals surface area contributed by atoms with Gasteiger partial charge in [0.05, 0.1) is 24.3 Å². The van der Waals surface area contributed by atoms with Crippen molar-refractivity contribution in [2.24, 2.45) is 4.99 Å². The second-order valence-electron chi connectivity index (χ2n) is 7.35. The molecule has 1 amide bonds. The van der Waals surface area contributed by atoms with Gasteiger partial charge in [-0.25, -0.2) is 9.98 Å². The van der Waals surface area contributed by atoms with Crippen molar-refractivity contribution in [1.82, 2.24) is 20.2 Å². The maximum atomic E-state index is 13.2. The van der Waals surface area contributed by atoms with E-state index >= 15 is 0 Å². The molecule has 6 heteroatoms. The average molecular weight is 407 g/mol. The molecule has 0 radical (unpaired) electrons. The summed E-state index contributed by atoms with van der Waals surface area (Å²) in [6.45, 7) is 1.05. The zero-order valence-electron chi connectivity index (χ0n) is 16.8. The minimum atomic E-state index is -0.133. The highest BCUT2D eigenvalue weighted by atomic mass is 16.2. The van der Waals surface area contributed by atoms with E-state index in [9.17, 15) is 4.79 Å². The molecule has 0 saturated heterocycles. The molecule has 5 rings (SSSR count). The Morgan fingerprint density at radius 1 is 0.935 bits per heavy atom. The van der Waals surface area contributed by atoms with Crippen molar-refractivity contribution in [3.05, 3.63) is 108 Å². The van der Waals surface area contributed by atoms with Gasteiger partial charge in [-0.2, -0.15) is 0 Å². The average Bonchev–Trinajstić information content (AvgIpc) is 3.40. The molecule has 3 heterocycles. The number of fused-ring (bicyclic) bond motifs is 1. The van der Waals surface area contributed by atoms with Crippen LogP contribution in [-0.2, 0) is 17.9 Å². The lowest BCUT2D eigenvalue weighted by Crippen LogP contribution is -2.26. The summed E-state index contributed by atoms with van der Waals surface area (Å²) in [5.74, 6) is -0.133. The number of aromatic nitrogens is 2. The number of rotatable bonds is 6. The highest BCUT2D eigenvalue weighted by molar-refractivity contribution is 6.10. The summed E-state index contributed by atoms with van der Waals surface area (Å²) >= 11 is 0. The third kappa shape index (κ3) is 3.96. The number of benzene rings is 2. The molecule has 0 fully saturated rings. The minimum Gasteiger partial charge on any atom is -0.377 e. The molecule has 2 aromatic carbocycles. The van der Waals surface area contributed by atoms with E-state index in [4.69, 9.17) is 0 Å². The zero-order valence-corrected chi connectivity index (χ0v) is 16.8. The third-order valence-corrected chi connectivity index (χ3v) is 5.20. The van der Waals surface area contributed by atoms with E-state index in [0.29, 0.717) is 24.5 Å². The molecule has 0 aliphatic carbocycles. The van der Waals surface area contributed by atoms with Gasteiger partial charge in [0, 0.05) is 18.1 Å². The lowest BCUT2D eigenvalue weighted by molar-refractivity contribution is -0.122. The van der Waals surface area contributed by atoms with Gasteiger partial charge in [0.15, 0.2) is 5.70 Å². The summed E-state index contributed by atoms with van der Waals surface area (Å²) in [6, 6.07) is 25.8. The molecule has 0 spiro atoms. The smallest absolute Gasteiger partial charge is 0.280 e. The number of nitrogens with zero attached hydrogens (tertiary/aromatic N) is 3. The van der Waals surface area contributed by atoms with Gasteiger partial charge in [-0.3, -0.25) is 9.69 Å². The summed E-state index contributed by atoms with van der Waals surface area (Å²) in [4.78, 5) is 27.0. The number of aliphatic imine (C=N–C) groups is 1. The summed E-state index contributed by atoms with van der Waals surface area (Å²) < 4.78 is 0. The Labute approximate surface area is 180 Å². The monoisotopic (exact) mass is 407 g/mol. The van der Waals surface area contributed by atoms with Crippen LogP contribution in [-0.4, -0.2) is 27.1 Å². The molecular weight excluding hydrogens is 386 g/mol. The first-order valence-electron chi connectivity index (χ1n) is 10.1. The molecule has 0 atom stereocenters. The zero-order chi connectivity index (χ0) is 21.0. The predicted molar refractivity (Wildman–Crippen MR) is 122 cm³/mol. The van der Waals surface area contributed by atoms with E-state index in [-0.39, 0.29) is 5.91 Å². The topological polar surface area (TPSA) is 73.4 Å². The number of amides is 1. The molecule has 0 bridgehead atoms. The van der Waals surface area contributed by atoms with Crippen LogP contribution in [0, 0.1) is 0 Å². The van der Waals surface area contributed by atoms with Crippen LogP contribution >= 0.6 is 0 Å². The second kappa shape index (κ2) is 8.28. The fourth-order valence-corrected chi connectivity index (χ4v) is 3.62. The Morgan fingerprint density at radius 3 is 2.42 bits per heavy atom. The molecule has 152 valence electrons. The van der Waals surface area contributed by atoms with E-state index in [1.807, 2.05) is 78.9 Å². The SMILES string of the molecule is O=C1/C(=C(\NCc2ccccc2)c2cc3cccnc3[nH]2)N=CN1Cc1ccccc1. The largest absolute Gasteiger partial charge is 0.377 e. The number of pyridine rings is 1. The van der Waals surface area contributed by atoms with Gasteiger partial charge in [-0.15, -0.1) is 0 Å². The van der Waals surface area contributed by atoms with Gasteiger partial charge in [0.2, 0.25) is 0 Å². The van der Waals surface area contributed by atoms with Crippen LogP contribution in [0.1, 0.15) is 16.8 Å². The molecule has 6 nitrogen and oxygen atoms in total. The number of hydrogen-bond acceptors (Lipinski definition) is 4. The van der Waals surface area contributed by atoms with Gasteiger partial charge in [0.25, 0.3) is 5.91 Å².